The average Bonchev–Trinajstić information content (AvgIpc) is 2.56. The zero-order chi connectivity index (χ0) is 16.8. The Bertz CT molecular complexity index is 704. The molecular weight excluding hydrogens is 314 g/mol. The highest BCUT2D eigenvalue weighted by Crippen LogP contribution is 2.24. The van der Waals surface area contributed by atoms with Gasteiger partial charge < -0.3 is 10.6 Å². The van der Waals surface area contributed by atoms with Crippen LogP contribution >= 0.6 is 11.6 Å². The first-order chi connectivity index (χ1) is 11.0. The smallest absolute Gasteiger partial charge is 0.321 e. The van der Waals surface area contributed by atoms with Crippen molar-refractivity contribution < 1.29 is 9.59 Å². The van der Waals surface area contributed by atoms with Crippen molar-refractivity contribution in [3.8, 4) is 0 Å². The molecule has 0 fully saturated rings. The van der Waals surface area contributed by atoms with E-state index in [-0.39, 0.29) is 0 Å². The summed E-state index contributed by atoms with van der Waals surface area (Å²) in [6.45, 7) is 1.90. The molecule has 120 valence electrons. The van der Waals surface area contributed by atoms with E-state index >= 15 is 0 Å². The second-order valence-electron chi connectivity index (χ2n) is 5.02. The lowest BCUT2D eigenvalue weighted by Gasteiger charge is -2.20. The van der Waals surface area contributed by atoms with Crippen LogP contribution in [0.5, 0.6) is 0 Å². The molecule has 0 radical (unpaired) electrons. The van der Waals surface area contributed by atoms with Crippen LogP contribution in [-0.4, -0.2) is 19.0 Å². The lowest BCUT2D eigenvalue weighted by molar-refractivity contribution is -0.120. The molecular formula is C17H18ClN3O2. The zero-order valence-corrected chi connectivity index (χ0v) is 13.6. The van der Waals surface area contributed by atoms with E-state index in [1.165, 1.54) is 7.05 Å². The van der Waals surface area contributed by atoms with Gasteiger partial charge in [-0.15, -0.1) is 0 Å². The molecule has 0 bridgehead atoms. The molecule has 0 saturated carbocycles. The lowest BCUT2D eigenvalue weighted by atomic mass is 10.1. The number of anilines is 1. The van der Waals surface area contributed by atoms with Crippen molar-refractivity contribution in [2.24, 2.45) is 0 Å². The Morgan fingerprint density at radius 2 is 1.78 bits per heavy atom. The number of hydrogen-bond acceptors (Lipinski definition) is 3. The zero-order valence-electron chi connectivity index (χ0n) is 12.9. The fourth-order valence-electron chi connectivity index (χ4n) is 2.04. The Balaban J connectivity index is 2.28. The highest BCUT2D eigenvalue weighted by Gasteiger charge is 2.22. The van der Waals surface area contributed by atoms with E-state index in [9.17, 15) is 9.59 Å². The normalized spacial score (nSPS) is 11.4. The molecule has 23 heavy (non-hydrogen) atoms. The standard InChI is InChI=1S/C17H18ClN3O2/c1-11-8-9-13(10-14(11)18)20-15(12-6-4-3-5-7-12)16(22)21-17(23)19-2/h3-10,15,20H,1-2H3,(H2,19,21,22,23)/t15-/m0/s1. The number of hydrogen-bond donors (Lipinski definition) is 3. The highest BCUT2D eigenvalue weighted by atomic mass is 35.5. The summed E-state index contributed by atoms with van der Waals surface area (Å²) >= 11 is 6.12. The molecule has 0 saturated heterocycles. The van der Waals surface area contributed by atoms with Gasteiger partial charge in [-0.05, 0) is 30.2 Å². The van der Waals surface area contributed by atoms with E-state index < -0.39 is 18.0 Å². The van der Waals surface area contributed by atoms with Gasteiger partial charge in [0, 0.05) is 17.8 Å². The molecule has 2 rings (SSSR count). The minimum Gasteiger partial charge on any atom is -0.370 e. The van der Waals surface area contributed by atoms with Crippen molar-refractivity contribution >= 4 is 29.2 Å². The molecule has 0 heterocycles. The van der Waals surface area contributed by atoms with Gasteiger partial charge >= 0.3 is 6.03 Å². The molecule has 3 N–H and O–H groups in total. The van der Waals surface area contributed by atoms with Crippen LogP contribution in [-0.2, 0) is 4.79 Å². The third-order valence-corrected chi connectivity index (χ3v) is 3.75. The van der Waals surface area contributed by atoms with E-state index in [1.807, 2.05) is 49.4 Å². The number of amides is 3. The van der Waals surface area contributed by atoms with Crippen LogP contribution in [0.3, 0.4) is 0 Å². The first-order valence-corrected chi connectivity index (χ1v) is 7.49. The topological polar surface area (TPSA) is 70.2 Å². The Kier molecular flexibility index (Phi) is 5.60. The van der Waals surface area contributed by atoms with Crippen LogP contribution in [0.2, 0.25) is 5.02 Å². The second kappa shape index (κ2) is 7.65. The number of aryl methyl sites for hydroxylation is 1. The first kappa shape index (κ1) is 16.8. The van der Waals surface area contributed by atoms with E-state index in [0.717, 1.165) is 11.1 Å². The summed E-state index contributed by atoms with van der Waals surface area (Å²) < 4.78 is 0. The van der Waals surface area contributed by atoms with Gasteiger partial charge in [-0.1, -0.05) is 48.0 Å². The minimum atomic E-state index is -0.715. The van der Waals surface area contributed by atoms with Gasteiger partial charge in [0.15, 0.2) is 0 Å². The number of urea groups is 1. The number of rotatable bonds is 4. The molecule has 0 aliphatic heterocycles. The number of carbonyl (C=O) groups excluding carboxylic acids is 2. The summed E-state index contributed by atoms with van der Waals surface area (Å²) in [5.74, 6) is -0.452. The van der Waals surface area contributed by atoms with Crippen LogP contribution in [0.1, 0.15) is 17.2 Å². The van der Waals surface area contributed by atoms with E-state index in [1.54, 1.807) is 6.07 Å². The third-order valence-electron chi connectivity index (χ3n) is 3.34. The van der Waals surface area contributed by atoms with Crippen LogP contribution in [0.4, 0.5) is 10.5 Å². The Hall–Kier alpha value is -2.53. The summed E-state index contributed by atoms with van der Waals surface area (Å²) in [4.78, 5) is 23.8. The van der Waals surface area contributed by atoms with Crippen molar-refractivity contribution in [3.63, 3.8) is 0 Å². The van der Waals surface area contributed by atoms with Crippen LogP contribution < -0.4 is 16.0 Å². The van der Waals surface area contributed by atoms with Crippen molar-refractivity contribution in [1.29, 1.82) is 0 Å². The molecule has 2 aromatic carbocycles. The van der Waals surface area contributed by atoms with Crippen molar-refractivity contribution in [1.82, 2.24) is 10.6 Å². The molecule has 0 unspecified atom stereocenters. The molecule has 6 heteroatoms. The molecule has 0 aromatic heterocycles. The fourth-order valence-corrected chi connectivity index (χ4v) is 2.22. The molecule has 0 aliphatic rings. The lowest BCUT2D eigenvalue weighted by Crippen LogP contribution is -2.42. The maximum atomic E-state index is 12.4. The van der Waals surface area contributed by atoms with Crippen LogP contribution in [0.15, 0.2) is 48.5 Å². The minimum absolute atomic E-state index is 0.452. The largest absolute Gasteiger partial charge is 0.370 e. The van der Waals surface area contributed by atoms with Crippen LogP contribution in [0.25, 0.3) is 0 Å². The third kappa shape index (κ3) is 4.47. The summed E-state index contributed by atoms with van der Waals surface area (Å²) in [6, 6.07) is 13.3. The maximum Gasteiger partial charge on any atom is 0.321 e. The molecule has 0 aliphatic carbocycles. The highest BCUT2D eigenvalue weighted by molar-refractivity contribution is 6.31. The SMILES string of the molecule is CNC(=O)NC(=O)[C@@H](Nc1ccc(C)c(Cl)c1)c1ccccc1. The van der Waals surface area contributed by atoms with Gasteiger partial charge in [0.2, 0.25) is 0 Å². The second-order valence-corrected chi connectivity index (χ2v) is 5.43. The monoisotopic (exact) mass is 331 g/mol. The first-order valence-electron chi connectivity index (χ1n) is 7.11. The summed E-state index contributed by atoms with van der Waals surface area (Å²) in [7, 11) is 1.45. The fraction of sp³-hybridized carbons (Fsp3) is 0.176. The van der Waals surface area contributed by atoms with Gasteiger partial charge in [-0.3, -0.25) is 10.1 Å². The summed E-state index contributed by atoms with van der Waals surface area (Å²) in [5.41, 5.74) is 2.38. The van der Waals surface area contributed by atoms with E-state index in [2.05, 4.69) is 16.0 Å². The number of nitrogens with one attached hydrogen (secondary N) is 3. The summed E-state index contributed by atoms with van der Waals surface area (Å²) in [6.07, 6.45) is 0. The predicted molar refractivity (Wildman–Crippen MR) is 91.6 cm³/mol. The van der Waals surface area contributed by atoms with Gasteiger partial charge in [0.25, 0.3) is 5.91 Å². The molecule has 5 nitrogen and oxygen atoms in total. The number of benzene rings is 2. The van der Waals surface area contributed by atoms with Crippen molar-refractivity contribution in [2.75, 3.05) is 12.4 Å². The Morgan fingerprint density at radius 1 is 1.09 bits per heavy atom. The van der Waals surface area contributed by atoms with E-state index in [4.69, 9.17) is 11.6 Å². The average molecular weight is 332 g/mol. The van der Waals surface area contributed by atoms with E-state index in [0.29, 0.717) is 10.7 Å². The maximum absolute atomic E-state index is 12.4. The van der Waals surface area contributed by atoms with Crippen molar-refractivity contribution in [2.45, 2.75) is 13.0 Å². The number of imide groups is 1. The van der Waals surface area contributed by atoms with Gasteiger partial charge in [-0.25, -0.2) is 4.79 Å². The number of carbonyl (C=O) groups is 2. The number of halogens is 1. The molecule has 0 spiro atoms. The van der Waals surface area contributed by atoms with Crippen molar-refractivity contribution in [3.05, 3.63) is 64.7 Å². The molecule has 1 atom stereocenters. The summed E-state index contributed by atoms with van der Waals surface area (Å²) in [5, 5.41) is 8.37. The Morgan fingerprint density at radius 3 is 2.39 bits per heavy atom. The molecule has 3 amide bonds. The molecule has 2 aromatic rings. The van der Waals surface area contributed by atoms with Gasteiger partial charge in [-0.2, -0.15) is 0 Å². The van der Waals surface area contributed by atoms with Gasteiger partial charge in [0.05, 0.1) is 0 Å². The van der Waals surface area contributed by atoms with Crippen LogP contribution in [0, 0.1) is 6.92 Å². The predicted octanol–water partition coefficient (Wildman–Crippen LogP) is 3.26. The Labute approximate surface area is 140 Å². The van der Waals surface area contributed by atoms with Gasteiger partial charge in [0.1, 0.15) is 6.04 Å². The quantitative estimate of drug-likeness (QED) is 0.805.